The van der Waals surface area contributed by atoms with Crippen LogP contribution in [0.3, 0.4) is 0 Å². The molecule has 0 aromatic heterocycles. The number of hydrogen-bond acceptors (Lipinski definition) is 7. The largest absolute Gasteiger partial charge is 0.478 e. The van der Waals surface area contributed by atoms with Crippen molar-refractivity contribution in [3.05, 3.63) is 33.1 Å². The number of ether oxygens (including phenoxy) is 2. The first-order chi connectivity index (χ1) is 11.5. The lowest BCUT2D eigenvalue weighted by atomic mass is 10.2. The van der Waals surface area contributed by atoms with Crippen LogP contribution >= 0.6 is 27.7 Å². The molecule has 0 aliphatic carbocycles. The second kappa shape index (κ2) is 7.99. The fraction of sp³-hybridized carbons (Fsp3) is 0.200. The van der Waals surface area contributed by atoms with Crippen LogP contribution in [0.5, 0.6) is 5.75 Å². The zero-order chi connectivity index (χ0) is 17.7. The second-order valence-corrected chi connectivity index (χ2v) is 6.38. The number of amides is 2. The lowest BCUT2D eigenvalue weighted by molar-refractivity contribution is -0.143. The van der Waals surface area contributed by atoms with Crippen LogP contribution in [0.25, 0.3) is 6.08 Å². The van der Waals surface area contributed by atoms with Crippen molar-refractivity contribution in [2.24, 2.45) is 0 Å². The summed E-state index contributed by atoms with van der Waals surface area (Å²) in [6.45, 7) is -0.582. The maximum Gasteiger partial charge on any atom is 0.325 e. The molecule has 9 heteroatoms. The molecule has 1 aliphatic heterocycles. The van der Waals surface area contributed by atoms with Crippen molar-refractivity contribution < 1.29 is 23.9 Å². The number of hydrogen-bond donors (Lipinski definition) is 0. The molecule has 2 rings (SSSR count). The second-order valence-electron chi connectivity index (χ2n) is 4.47. The van der Waals surface area contributed by atoms with Crippen molar-refractivity contribution >= 4 is 50.9 Å². The zero-order valence-corrected chi connectivity index (χ0v) is 14.8. The molecule has 124 valence electrons. The smallest absolute Gasteiger partial charge is 0.325 e. The molecule has 0 radical (unpaired) electrons. The third-order valence-corrected chi connectivity index (χ3v) is 4.34. The quantitative estimate of drug-likeness (QED) is 0.543. The predicted molar refractivity (Wildman–Crippen MR) is 89.9 cm³/mol. The summed E-state index contributed by atoms with van der Waals surface area (Å²) in [4.78, 5) is 36.4. The molecule has 1 saturated heterocycles. The third-order valence-electron chi connectivity index (χ3n) is 2.94. The van der Waals surface area contributed by atoms with Gasteiger partial charge in [0.2, 0.25) is 0 Å². The molecule has 0 spiro atoms. The van der Waals surface area contributed by atoms with Gasteiger partial charge in [-0.25, -0.2) is 0 Å². The van der Waals surface area contributed by atoms with Crippen molar-refractivity contribution in [1.82, 2.24) is 4.90 Å². The lowest BCUT2D eigenvalue weighted by Crippen LogP contribution is -2.34. The number of esters is 1. The first-order valence-electron chi connectivity index (χ1n) is 6.57. The van der Waals surface area contributed by atoms with Gasteiger partial charge in [-0.3, -0.25) is 19.3 Å². The van der Waals surface area contributed by atoms with Crippen LogP contribution in [0.4, 0.5) is 4.79 Å². The lowest BCUT2D eigenvalue weighted by Gasteiger charge is -2.10. The summed E-state index contributed by atoms with van der Waals surface area (Å²) in [5.74, 6) is -0.861. The highest BCUT2D eigenvalue weighted by Gasteiger charge is 2.36. The number of nitriles is 1. The fourth-order valence-electron chi connectivity index (χ4n) is 1.84. The van der Waals surface area contributed by atoms with Crippen molar-refractivity contribution in [2.75, 3.05) is 20.3 Å². The Bertz CT molecular complexity index is 772. The van der Waals surface area contributed by atoms with Crippen LogP contribution in [0.15, 0.2) is 27.6 Å². The van der Waals surface area contributed by atoms with Crippen molar-refractivity contribution in [2.45, 2.75) is 0 Å². The molecule has 1 aromatic rings. The number of rotatable bonds is 5. The fourth-order valence-corrected chi connectivity index (χ4v) is 3.05. The summed E-state index contributed by atoms with van der Waals surface area (Å²) in [5.41, 5.74) is 0.531. The summed E-state index contributed by atoms with van der Waals surface area (Å²) < 4.78 is 10.5. The number of halogens is 1. The molecule has 0 atom stereocenters. The maximum absolute atomic E-state index is 12.3. The van der Waals surface area contributed by atoms with Gasteiger partial charge in [-0.2, -0.15) is 5.26 Å². The van der Waals surface area contributed by atoms with E-state index in [9.17, 15) is 14.4 Å². The van der Waals surface area contributed by atoms with Gasteiger partial charge in [0, 0.05) is 10.0 Å². The highest BCUT2D eigenvalue weighted by Crippen LogP contribution is 2.34. The van der Waals surface area contributed by atoms with Crippen LogP contribution < -0.4 is 4.74 Å². The van der Waals surface area contributed by atoms with Gasteiger partial charge in [0.05, 0.1) is 12.0 Å². The summed E-state index contributed by atoms with van der Waals surface area (Å²) >= 11 is 4.04. The minimum absolute atomic E-state index is 0.147. The molecular formula is C15H11BrN2O5S. The predicted octanol–water partition coefficient (Wildman–Crippen LogP) is 2.56. The Morgan fingerprint density at radius 3 is 2.88 bits per heavy atom. The Morgan fingerprint density at radius 1 is 1.46 bits per heavy atom. The van der Waals surface area contributed by atoms with Gasteiger partial charge in [0.1, 0.15) is 18.4 Å². The van der Waals surface area contributed by atoms with Gasteiger partial charge in [-0.15, -0.1) is 0 Å². The normalized spacial score (nSPS) is 15.5. The SMILES string of the molecule is COC(=O)CN1C(=O)S/C(=C\c2cc(Br)ccc2OCC#N)C1=O. The number of carbonyl (C=O) groups excluding carboxylic acids is 3. The molecule has 0 unspecified atom stereocenters. The summed E-state index contributed by atoms with van der Waals surface area (Å²) in [5, 5.41) is 8.07. The van der Waals surface area contributed by atoms with E-state index in [2.05, 4.69) is 20.7 Å². The zero-order valence-electron chi connectivity index (χ0n) is 12.4. The van der Waals surface area contributed by atoms with E-state index in [4.69, 9.17) is 10.00 Å². The van der Waals surface area contributed by atoms with E-state index in [1.54, 1.807) is 18.2 Å². The Balaban J connectivity index is 2.30. The van der Waals surface area contributed by atoms with Gasteiger partial charge < -0.3 is 9.47 Å². The number of thioether (sulfide) groups is 1. The standard InChI is InChI=1S/C15H11BrN2O5S/c1-22-13(19)8-18-14(20)12(24-15(18)21)7-9-6-10(16)2-3-11(9)23-5-4-17/h2-3,6-7H,5,8H2,1H3/b12-7-. The van der Waals surface area contributed by atoms with Gasteiger partial charge in [0.25, 0.3) is 11.1 Å². The molecule has 1 fully saturated rings. The Morgan fingerprint density at radius 2 is 2.21 bits per heavy atom. The maximum atomic E-state index is 12.3. The average Bonchev–Trinajstić information content (AvgIpc) is 2.81. The molecule has 0 saturated carbocycles. The molecule has 1 aliphatic rings. The first-order valence-corrected chi connectivity index (χ1v) is 8.18. The topological polar surface area (TPSA) is 96.7 Å². The van der Waals surface area contributed by atoms with Crippen LogP contribution in [-0.4, -0.2) is 42.3 Å². The first kappa shape index (κ1) is 18.0. The molecule has 7 nitrogen and oxygen atoms in total. The third kappa shape index (κ3) is 4.15. The van der Waals surface area contributed by atoms with Gasteiger partial charge >= 0.3 is 5.97 Å². The number of imide groups is 1. The van der Waals surface area contributed by atoms with Crippen molar-refractivity contribution in [1.29, 1.82) is 5.26 Å². The van der Waals surface area contributed by atoms with Crippen LogP contribution in [0.2, 0.25) is 0 Å². The number of carbonyl (C=O) groups is 3. The minimum atomic E-state index is -0.681. The number of benzene rings is 1. The van der Waals surface area contributed by atoms with Crippen LogP contribution in [-0.2, 0) is 14.3 Å². The van der Waals surface area contributed by atoms with E-state index in [1.807, 2.05) is 6.07 Å². The number of methoxy groups -OCH3 is 1. The van der Waals surface area contributed by atoms with E-state index < -0.39 is 23.7 Å². The molecular weight excluding hydrogens is 400 g/mol. The van der Waals surface area contributed by atoms with Crippen LogP contribution in [0.1, 0.15) is 5.56 Å². The molecule has 1 aromatic carbocycles. The minimum Gasteiger partial charge on any atom is -0.478 e. The number of nitrogens with zero attached hydrogens (tertiary/aromatic N) is 2. The van der Waals surface area contributed by atoms with Crippen LogP contribution in [0, 0.1) is 11.3 Å². The highest BCUT2D eigenvalue weighted by atomic mass is 79.9. The molecule has 24 heavy (non-hydrogen) atoms. The van der Waals surface area contributed by atoms with Gasteiger partial charge in [0.15, 0.2) is 6.61 Å². The Labute approximate surface area is 150 Å². The summed E-state index contributed by atoms with van der Waals surface area (Å²) in [7, 11) is 1.18. The van der Waals surface area contributed by atoms with E-state index in [-0.39, 0.29) is 11.5 Å². The molecule has 0 bridgehead atoms. The summed E-state index contributed by atoms with van der Waals surface area (Å²) in [6, 6.07) is 6.93. The van der Waals surface area contributed by atoms with Crippen molar-refractivity contribution in [3.63, 3.8) is 0 Å². The monoisotopic (exact) mass is 410 g/mol. The highest BCUT2D eigenvalue weighted by molar-refractivity contribution is 9.10. The van der Waals surface area contributed by atoms with E-state index in [0.717, 1.165) is 21.1 Å². The van der Waals surface area contributed by atoms with Crippen molar-refractivity contribution in [3.8, 4) is 11.8 Å². The Hall–Kier alpha value is -2.31. The summed E-state index contributed by atoms with van der Waals surface area (Å²) in [6.07, 6.45) is 1.49. The van der Waals surface area contributed by atoms with E-state index in [0.29, 0.717) is 11.3 Å². The van der Waals surface area contributed by atoms with Gasteiger partial charge in [-0.05, 0) is 36.0 Å². The van der Waals surface area contributed by atoms with E-state index in [1.165, 1.54) is 13.2 Å². The molecule has 2 amide bonds. The molecule has 1 heterocycles. The average molecular weight is 411 g/mol. The Kier molecular flexibility index (Phi) is 6.00. The van der Waals surface area contributed by atoms with Gasteiger partial charge in [-0.1, -0.05) is 15.9 Å². The molecule has 0 N–H and O–H groups in total. The van der Waals surface area contributed by atoms with E-state index >= 15 is 0 Å².